The van der Waals surface area contributed by atoms with Crippen molar-refractivity contribution in [1.82, 2.24) is 0 Å². The largest absolute Gasteiger partial charge is 0.313 e. The number of carbonyl (C=O) groups excluding carboxylic acids is 1. The van der Waals surface area contributed by atoms with Gasteiger partial charge in [0.15, 0.2) is 0 Å². The predicted octanol–water partition coefficient (Wildman–Crippen LogP) is 4.02. The van der Waals surface area contributed by atoms with Crippen LogP contribution in [0.15, 0.2) is 54.6 Å². The number of anilines is 2. The number of benzene rings is 2. The van der Waals surface area contributed by atoms with Gasteiger partial charge in [0.25, 0.3) is 0 Å². The van der Waals surface area contributed by atoms with Crippen LogP contribution in [-0.2, 0) is 14.8 Å². The minimum atomic E-state index is -3.50. The topological polar surface area (TPSA) is 57.7 Å². The van der Waals surface area contributed by atoms with E-state index in [-0.39, 0.29) is 24.8 Å². The molecule has 2 aromatic carbocycles. The van der Waals surface area contributed by atoms with Gasteiger partial charge in [-0.25, -0.2) is 8.42 Å². The molecule has 0 atom stereocenters. The molecule has 0 saturated heterocycles. The second kappa shape index (κ2) is 9.04. The van der Waals surface area contributed by atoms with Crippen LogP contribution in [0.25, 0.3) is 0 Å². The van der Waals surface area contributed by atoms with Crippen LogP contribution in [0.3, 0.4) is 0 Å². The van der Waals surface area contributed by atoms with Crippen LogP contribution in [0.5, 0.6) is 0 Å². The van der Waals surface area contributed by atoms with E-state index >= 15 is 0 Å². The molecule has 0 aliphatic heterocycles. The Morgan fingerprint density at radius 1 is 1.00 bits per heavy atom. The van der Waals surface area contributed by atoms with Crippen LogP contribution in [-0.4, -0.2) is 33.7 Å². The average molecular weight is 389 g/mol. The van der Waals surface area contributed by atoms with Crippen LogP contribution in [0.4, 0.5) is 11.4 Å². The SMILES string of the molecule is CCN(C(=O)CCN(c1ccccc1C(C)C)S(C)(=O)=O)c1ccccc1. The normalized spacial score (nSPS) is 11.4. The summed E-state index contributed by atoms with van der Waals surface area (Å²) in [6.45, 7) is 6.61. The standard InChI is InChI=1S/C21H28N2O3S/c1-5-22(18-11-7-6-8-12-18)21(24)15-16-23(27(4,25)26)20-14-10-9-13-19(20)17(2)3/h6-14,17H,5,15-16H2,1-4H3. The zero-order valence-corrected chi connectivity index (χ0v) is 17.2. The number of nitrogens with zero attached hydrogens (tertiary/aromatic N) is 2. The Labute approximate surface area is 162 Å². The van der Waals surface area contributed by atoms with E-state index in [1.54, 1.807) is 11.0 Å². The predicted molar refractivity (Wildman–Crippen MR) is 112 cm³/mol. The molecule has 0 N–H and O–H groups in total. The molecule has 0 radical (unpaired) electrons. The molecule has 5 nitrogen and oxygen atoms in total. The van der Waals surface area contributed by atoms with E-state index in [0.717, 1.165) is 11.3 Å². The molecule has 1 amide bonds. The van der Waals surface area contributed by atoms with Gasteiger partial charge in [-0.05, 0) is 36.6 Å². The molecule has 0 fully saturated rings. The van der Waals surface area contributed by atoms with Gasteiger partial charge in [0.1, 0.15) is 0 Å². The summed E-state index contributed by atoms with van der Waals surface area (Å²) in [6.07, 6.45) is 1.30. The van der Waals surface area contributed by atoms with E-state index in [1.807, 2.05) is 69.3 Å². The third-order valence-corrected chi connectivity index (χ3v) is 5.62. The highest BCUT2D eigenvalue weighted by atomic mass is 32.2. The van der Waals surface area contributed by atoms with Crippen LogP contribution in [0.2, 0.25) is 0 Å². The van der Waals surface area contributed by atoms with E-state index in [2.05, 4.69) is 0 Å². The Bertz CT molecular complexity index is 864. The summed E-state index contributed by atoms with van der Waals surface area (Å²) in [4.78, 5) is 14.4. The van der Waals surface area contributed by atoms with Crippen molar-refractivity contribution in [2.75, 3.05) is 28.6 Å². The summed E-state index contributed by atoms with van der Waals surface area (Å²) in [5, 5.41) is 0. The second-order valence-electron chi connectivity index (χ2n) is 6.77. The van der Waals surface area contributed by atoms with E-state index in [4.69, 9.17) is 0 Å². The molecule has 0 spiro atoms. The van der Waals surface area contributed by atoms with Crippen molar-refractivity contribution < 1.29 is 13.2 Å². The maximum atomic E-state index is 12.8. The van der Waals surface area contributed by atoms with Crippen LogP contribution in [0, 0.1) is 0 Å². The molecular weight excluding hydrogens is 360 g/mol. The van der Waals surface area contributed by atoms with Crippen molar-refractivity contribution in [3.63, 3.8) is 0 Å². The van der Waals surface area contributed by atoms with Gasteiger partial charge in [0, 0.05) is 25.2 Å². The van der Waals surface area contributed by atoms with Crippen molar-refractivity contribution in [3.05, 3.63) is 60.2 Å². The number of hydrogen-bond donors (Lipinski definition) is 0. The zero-order valence-electron chi connectivity index (χ0n) is 16.4. The molecule has 0 unspecified atom stereocenters. The molecule has 6 heteroatoms. The molecular formula is C21H28N2O3S. The molecule has 27 heavy (non-hydrogen) atoms. The van der Waals surface area contributed by atoms with Gasteiger partial charge in [0.2, 0.25) is 15.9 Å². The molecule has 146 valence electrons. The number of para-hydroxylation sites is 2. The summed E-state index contributed by atoms with van der Waals surface area (Å²) in [5.74, 6) is 0.0805. The molecule has 0 bridgehead atoms. The number of hydrogen-bond acceptors (Lipinski definition) is 3. The van der Waals surface area contributed by atoms with E-state index < -0.39 is 10.0 Å². The highest BCUT2D eigenvalue weighted by molar-refractivity contribution is 7.92. The van der Waals surface area contributed by atoms with Crippen molar-refractivity contribution in [3.8, 4) is 0 Å². The van der Waals surface area contributed by atoms with Gasteiger partial charge in [-0.3, -0.25) is 9.10 Å². The van der Waals surface area contributed by atoms with Crippen LogP contribution >= 0.6 is 0 Å². The van der Waals surface area contributed by atoms with Gasteiger partial charge in [0.05, 0.1) is 11.9 Å². The Morgan fingerprint density at radius 2 is 1.59 bits per heavy atom. The lowest BCUT2D eigenvalue weighted by Gasteiger charge is -2.27. The van der Waals surface area contributed by atoms with E-state index in [0.29, 0.717) is 12.2 Å². The number of rotatable bonds is 8. The molecule has 0 aliphatic carbocycles. The first kappa shape index (κ1) is 21.0. The van der Waals surface area contributed by atoms with Crippen molar-refractivity contribution in [2.24, 2.45) is 0 Å². The van der Waals surface area contributed by atoms with Gasteiger partial charge in [-0.1, -0.05) is 50.2 Å². The maximum absolute atomic E-state index is 12.8. The summed E-state index contributed by atoms with van der Waals surface area (Å²) in [7, 11) is -3.50. The minimum Gasteiger partial charge on any atom is -0.313 e. The first-order valence-corrected chi connectivity index (χ1v) is 11.0. The summed E-state index contributed by atoms with van der Waals surface area (Å²) < 4.78 is 26.2. The van der Waals surface area contributed by atoms with E-state index in [1.165, 1.54) is 10.6 Å². The average Bonchev–Trinajstić information content (AvgIpc) is 2.62. The number of amides is 1. The van der Waals surface area contributed by atoms with Crippen LogP contribution in [0.1, 0.15) is 38.7 Å². The third-order valence-electron chi connectivity index (χ3n) is 4.44. The Hall–Kier alpha value is -2.34. The fourth-order valence-electron chi connectivity index (χ4n) is 3.11. The van der Waals surface area contributed by atoms with Crippen molar-refractivity contribution in [1.29, 1.82) is 0 Å². The highest BCUT2D eigenvalue weighted by Crippen LogP contribution is 2.29. The Morgan fingerprint density at radius 3 is 2.15 bits per heavy atom. The minimum absolute atomic E-state index is 0.0978. The van der Waals surface area contributed by atoms with Crippen LogP contribution < -0.4 is 9.21 Å². The summed E-state index contributed by atoms with van der Waals surface area (Å²) in [6, 6.07) is 16.9. The van der Waals surface area contributed by atoms with Gasteiger partial charge >= 0.3 is 0 Å². The van der Waals surface area contributed by atoms with Gasteiger partial charge < -0.3 is 4.90 Å². The third kappa shape index (κ3) is 5.32. The Kier molecular flexibility index (Phi) is 7.02. The highest BCUT2D eigenvalue weighted by Gasteiger charge is 2.23. The number of carbonyl (C=O) groups is 1. The second-order valence-corrected chi connectivity index (χ2v) is 8.68. The van der Waals surface area contributed by atoms with Gasteiger partial charge in [-0.15, -0.1) is 0 Å². The van der Waals surface area contributed by atoms with E-state index in [9.17, 15) is 13.2 Å². The zero-order chi connectivity index (χ0) is 20.0. The quantitative estimate of drug-likeness (QED) is 0.686. The lowest BCUT2D eigenvalue weighted by atomic mass is 10.0. The smallest absolute Gasteiger partial charge is 0.232 e. The van der Waals surface area contributed by atoms with Crippen molar-refractivity contribution in [2.45, 2.75) is 33.1 Å². The molecule has 0 aromatic heterocycles. The molecule has 2 aromatic rings. The molecule has 0 heterocycles. The lowest BCUT2D eigenvalue weighted by Crippen LogP contribution is -2.37. The van der Waals surface area contributed by atoms with Crippen molar-refractivity contribution >= 4 is 27.3 Å². The lowest BCUT2D eigenvalue weighted by molar-refractivity contribution is -0.118. The monoisotopic (exact) mass is 388 g/mol. The summed E-state index contributed by atoms with van der Waals surface area (Å²) in [5.41, 5.74) is 2.41. The first-order valence-electron chi connectivity index (χ1n) is 9.17. The fraction of sp³-hybridized carbons (Fsp3) is 0.381. The number of sulfonamides is 1. The molecule has 2 rings (SSSR count). The molecule has 0 saturated carbocycles. The first-order chi connectivity index (χ1) is 12.8. The maximum Gasteiger partial charge on any atom is 0.232 e. The van der Waals surface area contributed by atoms with Gasteiger partial charge in [-0.2, -0.15) is 0 Å². The summed E-state index contributed by atoms with van der Waals surface area (Å²) >= 11 is 0. The fourth-order valence-corrected chi connectivity index (χ4v) is 4.06. The Balaban J connectivity index is 2.25. The molecule has 0 aliphatic rings.